The minimum absolute atomic E-state index is 0.0103. The number of carbonyl (C=O) groups is 5. The summed E-state index contributed by atoms with van der Waals surface area (Å²) < 4.78 is 11.9. The van der Waals surface area contributed by atoms with E-state index in [1.165, 1.54) is 7.11 Å². The van der Waals surface area contributed by atoms with E-state index in [-0.39, 0.29) is 48.3 Å². The Bertz CT molecular complexity index is 1420. The molecule has 324 valence electrons. The standard InChI is InChI=1S/C44H75N5O8/c1-14-30(8)39(48(11)43(53)37(28(4)5)46-42(52)38(29(6)7)47(10)24-22-27(2)3)35(56-12)26-36(50)49-23-18-21-34(49)40(57-13)31(9)41(51)45-33(44(54)55)25-32-19-16-15-17-20-32/h15-17,19-20,27-31,33-35,37-40H,14,18,21-26H2,1-13H3,(H,45,51)(H,46,52)(H,54,55)/t30-,31+,33+,34-,35+,37-,38-,39-,40+/m0/s1. The number of ether oxygens (including phenoxy) is 2. The molecule has 0 radical (unpaired) electrons. The lowest BCUT2D eigenvalue weighted by molar-refractivity contribution is -0.148. The maximum atomic E-state index is 14.4. The average molecular weight is 802 g/mol. The minimum atomic E-state index is -1.14. The van der Waals surface area contributed by atoms with Gasteiger partial charge in [0.15, 0.2) is 0 Å². The topological polar surface area (TPSA) is 158 Å². The van der Waals surface area contributed by atoms with Crippen molar-refractivity contribution in [3.05, 3.63) is 35.9 Å². The van der Waals surface area contributed by atoms with Crippen molar-refractivity contribution < 1.29 is 38.6 Å². The summed E-state index contributed by atoms with van der Waals surface area (Å²) >= 11 is 0. The zero-order chi connectivity index (χ0) is 43.1. The molecule has 4 amide bonds. The van der Waals surface area contributed by atoms with E-state index in [2.05, 4.69) is 29.4 Å². The number of carboxylic acids is 1. The van der Waals surface area contributed by atoms with Crippen molar-refractivity contribution in [2.75, 3.05) is 41.4 Å². The van der Waals surface area contributed by atoms with Crippen molar-refractivity contribution >= 4 is 29.6 Å². The number of methoxy groups -OCH3 is 2. The van der Waals surface area contributed by atoms with Gasteiger partial charge in [0.1, 0.15) is 12.1 Å². The first-order chi connectivity index (χ1) is 26.8. The van der Waals surface area contributed by atoms with Gasteiger partial charge in [-0.05, 0) is 62.1 Å². The first-order valence-electron chi connectivity index (χ1n) is 21.0. The number of aliphatic carboxylic acids is 1. The van der Waals surface area contributed by atoms with Gasteiger partial charge in [-0.25, -0.2) is 4.79 Å². The molecule has 9 atom stereocenters. The van der Waals surface area contributed by atoms with Crippen LogP contribution >= 0.6 is 0 Å². The highest BCUT2D eigenvalue weighted by Gasteiger charge is 2.43. The molecule has 1 saturated heterocycles. The summed E-state index contributed by atoms with van der Waals surface area (Å²) in [6.07, 6.45) is 1.77. The van der Waals surface area contributed by atoms with Gasteiger partial charge in [-0.3, -0.25) is 24.1 Å². The lowest BCUT2D eigenvalue weighted by atomic mass is 9.89. The minimum Gasteiger partial charge on any atom is -0.480 e. The zero-order valence-electron chi connectivity index (χ0n) is 37.1. The maximum absolute atomic E-state index is 14.4. The number of hydrogen-bond acceptors (Lipinski definition) is 8. The number of rotatable bonds is 24. The van der Waals surface area contributed by atoms with Crippen LogP contribution in [0.4, 0.5) is 0 Å². The number of likely N-dealkylation sites (tertiary alicyclic amines) is 1. The SMILES string of the molecule is CC[C@H](C)[C@@H]([C@@H](CC(=O)N1CCC[C@H]1[C@H](OC)[C@@H](C)C(=O)N[C@H](Cc1ccccc1)C(=O)O)OC)N(C)C(=O)[C@@H](NC(=O)[C@H](C(C)C)N(C)CCC(C)C)C(C)C. The number of carboxylic acid groups (broad SMARTS) is 1. The third kappa shape index (κ3) is 14.1. The molecule has 3 N–H and O–H groups in total. The predicted octanol–water partition coefficient (Wildman–Crippen LogP) is 4.86. The third-order valence-corrected chi connectivity index (χ3v) is 11.8. The Morgan fingerprint density at radius 1 is 0.895 bits per heavy atom. The Labute approximate surface area is 343 Å². The molecule has 1 aromatic carbocycles. The summed E-state index contributed by atoms with van der Waals surface area (Å²) in [5.41, 5.74) is 0.786. The Morgan fingerprint density at radius 3 is 2.04 bits per heavy atom. The van der Waals surface area contributed by atoms with Crippen molar-refractivity contribution in [1.82, 2.24) is 25.3 Å². The molecule has 57 heavy (non-hydrogen) atoms. The molecule has 0 aromatic heterocycles. The number of benzene rings is 1. The molecular weight excluding hydrogens is 727 g/mol. The van der Waals surface area contributed by atoms with Crippen LogP contribution in [0.1, 0.15) is 100.0 Å². The molecule has 0 saturated carbocycles. The van der Waals surface area contributed by atoms with E-state index in [0.29, 0.717) is 25.3 Å². The number of carbonyl (C=O) groups excluding carboxylic acids is 4. The quantitative estimate of drug-likeness (QED) is 0.133. The zero-order valence-corrected chi connectivity index (χ0v) is 37.1. The number of likely N-dealkylation sites (N-methyl/N-ethyl adjacent to an activating group) is 2. The molecule has 13 nitrogen and oxygen atoms in total. The van der Waals surface area contributed by atoms with Crippen LogP contribution in [0.2, 0.25) is 0 Å². The summed E-state index contributed by atoms with van der Waals surface area (Å²) in [5.74, 6) is -2.68. The molecule has 13 heteroatoms. The Morgan fingerprint density at radius 2 is 1.53 bits per heavy atom. The van der Waals surface area contributed by atoms with Crippen LogP contribution in [0.5, 0.6) is 0 Å². The summed E-state index contributed by atoms with van der Waals surface area (Å²) in [4.78, 5) is 73.6. The number of amides is 4. The van der Waals surface area contributed by atoms with Gasteiger partial charge in [-0.2, -0.15) is 0 Å². The van der Waals surface area contributed by atoms with E-state index in [1.807, 2.05) is 78.9 Å². The Kier molecular flexibility index (Phi) is 20.7. The Hall–Kier alpha value is -3.55. The van der Waals surface area contributed by atoms with E-state index in [4.69, 9.17) is 9.47 Å². The second-order valence-electron chi connectivity index (χ2n) is 17.3. The van der Waals surface area contributed by atoms with Crippen LogP contribution in [-0.4, -0.2) is 133 Å². The third-order valence-electron chi connectivity index (χ3n) is 11.8. The molecule has 0 unspecified atom stereocenters. The first-order valence-corrected chi connectivity index (χ1v) is 21.0. The van der Waals surface area contributed by atoms with Gasteiger partial charge in [0.05, 0.1) is 42.7 Å². The highest BCUT2D eigenvalue weighted by atomic mass is 16.5. The molecular formula is C44H75N5O8. The lowest BCUT2D eigenvalue weighted by Gasteiger charge is -2.41. The molecule has 2 rings (SSSR count). The molecule has 1 fully saturated rings. The average Bonchev–Trinajstić information content (AvgIpc) is 3.65. The monoisotopic (exact) mass is 802 g/mol. The van der Waals surface area contributed by atoms with E-state index in [1.54, 1.807) is 30.9 Å². The second-order valence-corrected chi connectivity index (χ2v) is 17.3. The summed E-state index contributed by atoms with van der Waals surface area (Å²) in [5, 5.41) is 15.7. The molecule has 1 heterocycles. The summed E-state index contributed by atoms with van der Waals surface area (Å²) in [6.45, 7) is 19.2. The van der Waals surface area contributed by atoms with Crippen LogP contribution < -0.4 is 10.6 Å². The lowest BCUT2D eigenvalue weighted by Crippen LogP contribution is -2.60. The maximum Gasteiger partial charge on any atom is 0.326 e. The van der Waals surface area contributed by atoms with Gasteiger partial charge in [-0.1, -0.05) is 99.1 Å². The normalized spacial score (nSPS) is 18.8. The van der Waals surface area contributed by atoms with E-state index in [9.17, 15) is 29.1 Å². The fourth-order valence-electron chi connectivity index (χ4n) is 8.24. The van der Waals surface area contributed by atoms with E-state index < -0.39 is 60.2 Å². The number of hydrogen-bond donors (Lipinski definition) is 3. The highest BCUT2D eigenvalue weighted by molar-refractivity contribution is 5.90. The van der Waals surface area contributed by atoms with Crippen molar-refractivity contribution in [2.24, 2.45) is 29.6 Å². The molecule has 1 aromatic rings. The first kappa shape index (κ1) is 49.6. The van der Waals surface area contributed by atoms with Gasteiger partial charge < -0.3 is 35.0 Å². The predicted molar refractivity (Wildman–Crippen MR) is 223 cm³/mol. The fraction of sp³-hybridized carbons (Fsp3) is 0.750. The molecule has 0 aliphatic carbocycles. The van der Waals surface area contributed by atoms with Crippen LogP contribution in [0.25, 0.3) is 0 Å². The summed E-state index contributed by atoms with van der Waals surface area (Å²) in [7, 11) is 6.74. The van der Waals surface area contributed by atoms with Gasteiger partial charge >= 0.3 is 5.97 Å². The van der Waals surface area contributed by atoms with Crippen LogP contribution in [-0.2, 0) is 39.9 Å². The van der Waals surface area contributed by atoms with Crippen LogP contribution in [0.3, 0.4) is 0 Å². The number of nitrogens with zero attached hydrogens (tertiary/aromatic N) is 3. The van der Waals surface area contributed by atoms with Crippen LogP contribution in [0, 0.1) is 29.6 Å². The van der Waals surface area contributed by atoms with E-state index in [0.717, 1.165) is 24.9 Å². The van der Waals surface area contributed by atoms with Gasteiger partial charge in [-0.15, -0.1) is 0 Å². The van der Waals surface area contributed by atoms with Gasteiger partial charge in [0.2, 0.25) is 23.6 Å². The summed E-state index contributed by atoms with van der Waals surface area (Å²) in [6, 6.07) is 5.90. The van der Waals surface area contributed by atoms with Gasteiger partial charge in [0, 0.05) is 34.2 Å². The largest absolute Gasteiger partial charge is 0.480 e. The van der Waals surface area contributed by atoms with Crippen LogP contribution in [0.15, 0.2) is 30.3 Å². The highest BCUT2D eigenvalue weighted by Crippen LogP contribution is 2.30. The Balaban J connectivity index is 2.28. The van der Waals surface area contributed by atoms with Gasteiger partial charge in [0.25, 0.3) is 0 Å². The second kappa shape index (κ2) is 23.8. The van der Waals surface area contributed by atoms with Crippen molar-refractivity contribution in [3.63, 3.8) is 0 Å². The van der Waals surface area contributed by atoms with Crippen molar-refractivity contribution in [3.8, 4) is 0 Å². The molecule has 0 bridgehead atoms. The van der Waals surface area contributed by atoms with Crippen molar-refractivity contribution in [1.29, 1.82) is 0 Å². The van der Waals surface area contributed by atoms with Crippen molar-refractivity contribution in [2.45, 2.75) is 143 Å². The molecule has 1 aliphatic heterocycles. The molecule has 1 aliphatic rings. The van der Waals surface area contributed by atoms with E-state index >= 15 is 0 Å². The molecule has 0 spiro atoms. The number of nitrogens with one attached hydrogen (secondary N) is 2. The smallest absolute Gasteiger partial charge is 0.326 e. The fourth-order valence-corrected chi connectivity index (χ4v) is 8.24.